The topological polar surface area (TPSA) is 90.6 Å². The number of nitrogens with one attached hydrogen (secondary N) is 3. The summed E-state index contributed by atoms with van der Waals surface area (Å²) in [5, 5.41) is 9.32. The van der Waals surface area contributed by atoms with Gasteiger partial charge in [0.05, 0.1) is 6.04 Å². The fraction of sp³-hybridized carbons (Fsp3) is 0.471. The Morgan fingerprint density at radius 2 is 2.00 bits per heavy atom. The molecule has 3 N–H and O–H groups in total. The number of hydrogen-bond donors (Lipinski definition) is 3. The first-order valence-electron chi connectivity index (χ1n) is 7.87. The van der Waals surface area contributed by atoms with E-state index in [0.717, 1.165) is 12.0 Å². The Kier molecular flexibility index (Phi) is 5.36. The maximum Gasteiger partial charge on any atom is 0.340 e. The molecule has 1 heterocycles. The molecule has 124 valence electrons. The van der Waals surface area contributed by atoms with Crippen molar-refractivity contribution in [3.63, 3.8) is 0 Å². The van der Waals surface area contributed by atoms with Gasteiger partial charge in [-0.15, -0.1) is 0 Å². The van der Waals surface area contributed by atoms with Gasteiger partial charge in [-0.1, -0.05) is 57.5 Å². The molecule has 0 fully saturated rings. The van der Waals surface area contributed by atoms with Crippen molar-refractivity contribution in [2.45, 2.75) is 46.1 Å². The molecule has 1 aromatic carbocycles. The van der Waals surface area contributed by atoms with Gasteiger partial charge in [-0.25, -0.2) is 9.89 Å². The van der Waals surface area contributed by atoms with Gasteiger partial charge in [0.15, 0.2) is 5.82 Å². The van der Waals surface area contributed by atoms with Crippen molar-refractivity contribution in [1.82, 2.24) is 20.5 Å². The summed E-state index contributed by atoms with van der Waals surface area (Å²) in [6, 6.07) is 9.44. The van der Waals surface area contributed by atoms with E-state index in [-0.39, 0.29) is 23.1 Å². The van der Waals surface area contributed by atoms with Crippen LogP contribution in [0.4, 0.5) is 0 Å². The molecule has 1 aromatic heterocycles. The molecule has 2 aromatic rings. The van der Waals surface area contributed by atoms with Crippen LogP contribution in [0.1, 0.15) is 51.0 Å². The van der Waals surface area contributed by atoms with Crippen LogP contribution in [0.5, 0.6) is 0 Å². The van der Waals surface area contributed by atoms with Crippen molar-refractivity contribution in [3.8, 4) is 0 Å². The van der Waals surface area contributed by atoms with Crippen LogP contribution in [0.2, 0.25) is 0 Å². The van der Waals surface area contributed by atoms with E-state index in [9.17, 15) is 9.59 Å². The molecule has 1 atom stereocenters. The van der Waals surface area contributed by atoms with Crippen molar-refractivity contribution in [2.24, 2.45) is 5.41 Å². The molecule has 6 nitrogen and oxygen atoms in total. The highest BCUT2D eigenvalue weighted by atomic mass is 16.2. The molecular weight excluding hydrogens is 292 g/mol. The highest BCUT2D eigenvalue weighted by Gasteiger charge is 2.24. The average molecular weight is 316 g/mol. The second-order valence-corrected chi connectivity index (χ2v) is 6.57. The summed E-state index contributed by atoms with van der Waals surface area (Å²) in [4.78, 5) is 26.3. The normalized spacial score (nSPS) is 12.8. The Morgan fingerprint density at radius 3 is 2.57 bits per heavy atom. The minimum atomic E-state index is -0.374. The van der Waals surface area contributed by atoms with E-state index in [1.54, 1.807) is 0 Å². The third-order valence-corrected chi connectivity index (χ3v) is 4.06. The van der Waals surface area contributed by atoms with Gasteiger partial charge in [0, 0.05) is 6.42 Å². The summed E-state index contributed by atoms with van der Waals surface area (Å²) in [6.45, 7) is 6.20. The predicted molar refractivity (Wildman–Crippen MR) is 88.9 cm³/mol. The van der Waals surface area contributed by atoms with E-state index >= 15 is 0 Å². The van der Waals surface area contributed by atoms with E-state index in [1.165, 1.54) is 0 Å². The Balaban J connectivity index is 2.14. The molecule has 0 aliphatic heterocycles. The molecular formula is C17H24N4O2. The Bertz CT molecular complexity index is 688. The zero-order chi connectivity index (χ0) is 16.9. The third-order valence-electron chi connectivity index (χ3n) is 4.06. The number of amides is 1. The van der Waals surface area contributed by atoms with Crippen molar-refractivity contribution in [3.05, 3.63) is 52.2 Å². The average Bonchev–Trinajstić information content (AvgIpc) is 2.94. The molecule has 0 bridgehead atoms. The molecule has 0 saturated heterocycles. The number of carbonyl (C=O) groups is 1. The summed E-state index contributed by atoms with van der Waals surface area (Å²) < 4.78 is 0. The van der Waals surface area contributed by atoms with Crippen molar-refractivity contribution in [2.75, 3.05) is 0 Å². The first kappa shape index (κ1) is 17.0. The second-order valence-electron chi connectivity index (χ2n) is 6.57. The maximum atomic E-state index is 12.4. The Hall–Kier alpha value is -2.37. The van der Waals surface area contributed by atoms with Crippen LogP contribution in [0.25, 0.3) is 0 Å². The fourth-order valence-electron chi connectivity index (χ4n) is 2.32. The van der Waals surface area contributed by atoms with Crippen LogP contribution in [-0.4, -0.2) is 21.1 Å². The number of hydrogen-bond acceptors (Lipinski definition) is 3. The number of aromatic amines is 2. The van der Waals surface area contributed by atoms with E-state index < -0.39 is 0 Å². The van der Waals surface area contributed by atoms with Gasteiger partial charge in [0.2, 0.25) is 5.91 Å². The second kappa shape index (κ2) is 7.26. The predicted octanol–water partition coefficient (Wildman–Crippen LogP) is 2.32. The van der Waals surface area contributed by atoms with Crippen LogP contribution in [0.3, 0.4) is 0 Å². The Morgan fingerprint density at radius 1 is 1.30 bits per heavy atom. The lowest BCUT2D eigenvalue weighted by molar-refractivity contribution is -0.123. The largest absolute Gasteiger partial charge is 0.346 e. The summed E-state index contributed by atoms with van der Waals surface area (Å²) >= 11 is 0. The molecule has 0 saturated carbocycles. The van der Waals surface area contributed by atoms with Gasteiger partial charge < -0.3 is 5.32 Å². The first-order valence-corrected chi connectivity index (χ1v) is 7.87. The van der Waals surface area contributed by atoms with Crippen LogP contribution in [-0.2, 0) is 11.2 Å². The highest BCUT2D eigenvalue weighted by molar-refractivity contribution is 5.77. The number of H-pyrrole nitrogens is 2. The number of nitrogens with zero attached hydrogens (tertiary/aromatic N) is 1. The summed E-state index contributed by atoms with van der Waals surface area (Å²) in [7, 11) is 0. The smallest absolute Gasteiger partial charge is 0.340 e. The minimum absolute atomic E-state index is 0.0402. The monoisotopic (exact) mass is 316 g/mol. The summed E-state index contributed by atoms with van der Waals surface area (Å²) in [6.07, 6.45) is 1.92. The zero-order valence-electron chi connectivity index (χ0n) is 13.8. The van der Waals surface area contributed by atoms with Crippen molar-refractivity contribution < 1.29 is 4.79 Å². The van der Waals surface area contributed by atoms with Crippen molar-refractivity contribution in [1.29, 1.82) is 0 Å². The Labute approximate surface area is 135 Å². The van der Waals surface area contributed by atoms with Crippen LogP contribution in [0.15, 0.2) is 35.1 Å². The van der Waals surface area contributed by atoms with E-state index in [4.69, 9.17) is 0 Å². The van der Waals surface area contributed by atoms with E-state index in [1.807, 2.05) is 30.3 Å². The highest BCUT2D eigenvalue weighted by Crippen LogP contribution is 2.25. The van der Waals surface area contributed by atoms with Gasteiger partial charge in [-0.3, -0.25) is 9.78 Å². The fourth-order valence-corrected chi connectivity index (χ4v) is 2.32. The van der Waals surface area contributed by atoms with Gasteiger partial charge >= 0.3 is 5.69 Å². The van der Waals surface area contributed by atoms with Crippen LogP contribution < -0.4 is 11.0 Å². The van der Waals surface area contributed by atoms with Gasteiger partial charge in [-0.2, -0.15) is 5.10 Å². The lowest BCUT2D eigenvalue weighted by Gasteiger charge is -2.24. The molecule has 6 heteroatoms. The van der Waals surface area contributed by atoms with E-state index in [2.05, 4.69) is 41.3 Å². The first-order chi connectivity index (χ1) is 10.9. The third kappa shape index (κ3) is 5.09. The van der Waals surface area contributed by atoms with E-state index in [0.29, 0.717) is 18.7 Å². The zero-order valence-corrected chi connectivity index (χ0v) is 13.8. The molecule has 0 aliphatic carbocycles. The number of benzene rings is 1. The molecule has 0 aliphatic rings. The molecule has 23 heavy (non-hydrogen) atoms. The summed E-state index contributed by atoms with van der Waals surface area (Å²) in [5.41, 5.74) is 0.637. The quantitative estimate of drug-likeness (QED) is 0.732. The van der Waals surface area contributed by atoms with Gasteiger partial charge in [0.1, 0.15) is 0 Å². The molecule has 2 rings (SSSR count). The standard InChI is InChI=1S/C17H24N4O2/c1-4-17(2,3)11-14(22)18-13(15-19-16(23)21-20-15)10-12-8-6-5-7-9-12/h5-9,13H,4,10-11H2,1-3H3,(H,18,22)(H2,19,20,21,23). The maximum absolute atomic E-state index is 12.4. The minimum Gasteiger partial charge on any atom is -0.346 e. The van der Waals surface area contributed by atoms with Gasteiger partial charge in [-0.05, 0) is 17.4 Å². The van der Waals surface area contributed by atoms with Crippen LogP contribution in [0, 0.1) is 5.41 Å². The molecule has 0 spiro atoms. The lowest BCUT2D eigenvalue weighted by atomic mass is 9.86. The molecule has 1 amide bonds. The van der Waals surface area contributed by atoms with Crippen LogP contribution >= 0.6 is 0 Å². The molecule has 0 radical (unpaired) electrons. The van der Waals surface area contributed by atoms with Crippen molar-refractivity contribution >= 4 is 5.91 Å². The number of aromatic nitrogens is 3. The number of carbonyl (C=O) groups excluding carboxylic acids is 1. The molecule has 1 unspecified atom stereocenters. The summed E-state index contributed by atoms with van der Waals surface area (Å²) in [5.74, 6) is 0.406. The van der Waals surface area contributed by atoms with Gasteiger partial charge in [0.25, 0.3) is 0 Å². The number of rotatable bonds is 7. The lowest BCUT2D eigenvalue weighted by Crippen LogP contribution is -2.33. The SMILES string of the molecule is CCC(C)(C)CC(=O)NC(Cc1ccccc1)c1n[nH]c(=O)[nH]1.